The van der Waals surface area contributed by atoms with Gasteiger partial charge in [0.25, 0.3) is 0 Å². The first-order valence-corrected chi connectivity index (χ1v) is 10.6. The third-order valence-electron chi connectivity index (χ3n) is 5.79. The summed E-state index contributed by atoms with van der Waals surface area (Å²) < 4.78 is 5.54. The topological polar surface area (TPSA) is 53.6 Å². The summed E-state index contributed by atoms with van der Waals surface area (Å²) in [6, 6.07) is 4.77. The Balaban J connectivity index is 1.59. The van der Waals surface area contributed by atoms with E-state index in [1.807, 2.05) is 6.92 Å². The Morgan fingerprint density at radius 1 is 1.22 bits per heavy atom. The molecule has 0 unspecified atom stereocenters. The number of carbonyl (C=O) groups excluding carboxylic acids is 1. The SMILES string of the molecule is C[C@H](NCC1(N2CCOCC2)CCCCC1)C(=O)Nc1ccc(Cl)cc1Cl. The van der Waals surface area contributed by atoms with Crippen LogP contribution in [0.2, 0.25) is 10.0 Å². The average Bonchev–Trinajstić information content (AvgIpc) is 2.69. The molecular formula is C20H29Cl2N3O2. The van der Waals surface area contributed by atoms with Crippen LogP contribution in [0.15, 0.2) is 18.2 Å². The lowest BCUT2D eigenvalue weighted by Crippen LogP contribution is -2.60. The van der Waals surface area contributed by atoms with Gasteiger partial charge in [-0.2, -0.15) is 0 Å². The molecule has 0 radical (unpaired) electrons. The Labute approximate surface area is 171 Å². The fraction of sp³-hybridized carbons (Fsp3) is 0.650. The zero-order valence-corrected chi connectivity index (χ0v) is 17.4. The lowest BCUT2D eigenvalue weighted by Gasteiger charge is -2.48. The minimum atomic E-state index is -0.309. The molecule has 2 aliphatic rings. The quantitative estimate of drug-likeness (QED) is 0.741. The van der Waals surface area contributed by atoms with E-state index in [0.29, 0.717) is 15.7 Å². The van der Waals surface area contributed by atoms with E-state index in [9.17, 15) is 4.79 Å². The standard InChI is InChI=1S/C20H29Cl2N3O2/c1-15(19(26)24-18-6-5-16(21)13-17(18)22)23-14-20(7-3-2-4-8-20)25-9-11-27-12-10-25/h5-6,13,15,23H,2-4,7-12,14H2,1H3,(H,24,26)/t15-/m0/s1. The number of morpholine rings is 1. The van der Waals surface area contributed by atoms with Crippen molar-refractivity contribution in [1.82, 2.24) is 10.2 Å². The molecule has 1 aliphatic carbocycles. The molecule has 7 heteroatoms. The van der Waals surface area contributed by atoms with Gasteiger partial charge in [-0.3, -0.25) is 9.69 Å². The molecule has 0 bridgehead atoms. The van der Waals surface area contributed by atoms with Gasteiger partial charge < -0.3 is 15.4 Å². The molecule has 1 aromatic rings. The zero-order chi connectivity index (χ0) is 19.3. The highest BCUT2D eigenvalue weighted by Gasteiger charge is 2.38. The normalized spacial score (nSPS) is 21.6. The molecule has 1 saturated heterocycles. The number of amides is 1. The number of hydrogen-bond donors (Lipinski definition) is 2. The maximum atomic E-state index is 12.6. The van der Waals surface area contributed by atoms with Crippen LogP contribution in [0.1, 0.15) is 39.0 Å². The summed E-state index contributed by atoms with van der Waals surface area (Å²) in [4.78, 5) is 15.2. The number of halogens is 2. The molecule has 1 heterocycles. The first-order valence-electron chi connectivity index (χ1n) is 9.82. The summed E-state index contributed by atoms with van der Waals surface area (Å²) in [5.41, 5.74) is 0.717. The van der Waals surface area contributed by atoms with Gasteiger partial charge in [0.2, 0.25) is 5.91 Å². The number of nitrogens with one attached hydrogen (secondary N) is 2. The fourth-order valence-corrected chi connectivity index (χ4v) is 4.58. The highest BCUT2D eigenvalue weighted by atomic mass is 35.5. The number of hydrogen-bond acceptors (Lipinski definition) is 4. The first kappa shape index (κ1) is 20.9. The van der Waals surface area contributed by atoms with Crippen LogP contribution in [-0.4, -0.2) is 55.2 Å². The van der Waals surface area contributed by atoms with E-state index in [1.54, 1.807) is 18.2 Å². The summed E-state index contributed by atoms with van der Waals surface area (Å²) in [5.74, 6) is -0.0906. The summed E-state index contributed by atoms with van der Waals surface area (Å²) in [6.07, 6.45) is 6.16. The Hall–Kier alpha value is -0.850. The number of benzene rings is 1. The average molecular weight is 414 g/mol. The molecule has 1 atom stereocenters. The maximum Gasteiger partial charge on any atom is 0.241 e. The third kappa shape index (κ3) is 5.36. The summed E-state index contributed by atoms with van der Waals surface area (Å²) >= 11 is 12.1. The molecule has 2 fully saturated rings. The third-order valence-corrected chi connectivity index (χ3v) is 6.33. The van der Waals surface area contributed by atoms with Crippen LogP contribution in [0.5, 0.6) is 0 Å². The van der Waals surface area contributed by atoms with Gasteiger partial charge in [-0.05, 0) is 38.0 Å². The Kier molecular flexibility index (Phi) is 7.40. The van der Waals surface area contributed by atoms with Crippen molar-refractivity contribution in [2.45, 2.75) is 50.6 Å². The second-order valence-corrected chi connectivity index (χ2v) is 8.44. The van der Waals surface area contributed by atoms with Gasteiger partial charge in [-0.25, -0.2) is 0 Å². The summed E-state index contributed by atoms with van der Waals surface area (Å²) in [5, 5.41) is 7.36. The second kappa shape index (κ2) is 9.57. The highest BCUT2D eigenvalue weighted by molar-refractivity contribution is 6.36. The van der Waals surface area contributed by atoms with Crippen molar-refractivity contribution in [2.75, 3.05) is 38.2 Å². The number of anilines is 1. The van der Waals surface area contributed by atoms with E-state index in [2.05, 4.69) is 15.5 Å². The lowest BCUT2D eigenvalue weighted by molar-refractivity contribution is -0.118. The summed E-state index contributed by atoms with van der Waals surface area (Å²) in [6.45, 7) is 6.26. The molecule has 5 nitrogen and oxygen atoms in total. The first-order chi connectivity index (χ1) is 13.0. The molecule has 0 aromatic heterocycles. The van der Waals surface area contributed by atoms with E-state index in [1.165, 1.54) is 32.1 Å². The number of ether oxygens (including phenoxy) is 1. The van der Waals surface area contributed by atoms with Gasteiger partial charge >= 0.3 is 0 Å². The predicted molar refractivity (Wildman–Crippen MR) is 111 cm³/mol. The van der Waals surface area contributed by atoms with E-state index in [4.69, 9.17) is 27.9 Å². The van der Waals surface area contributed by atoms with Crippen molar-refractivity contribution in [3.8, 4) is 0 Å². The molecule has 0 spiro atoms. The van der Waals surface area contributed by atoms with Crippen molar-refractivity contribution in [3.63, 3.8) is 0 Å². The molecule has 1 aliphatic heterocycles. The molecule has 3 rings (SSSR count). The second-order valence-electron chi connectivity index (χ2n) is 7.60. The molecule has 2 N–H and O–H groups in total. The van der Waals surface area contributed by atoms with Crippen LogP contribution in [-0.2, 0) is 9.53 Å². The Morgan fingerprint density at radius 3 is 2.59 bits per heavy atom. The van der Waals surface area contributed by atoms with Gasteiger partial charge in [-0.15, -0.1) is 0 Å². The van der Waals surface area contributed by atoms with E-state index in [0.717, 1.165) is 32.8 Å². The van der Waals surface area contributed by atoms with Crippen molar-refractivity contribution in [2.24, 2.45) is 0 Å². The minimum absolute atomic E-state index is 0.0906. The van der Waals surface area contributed by atoms with Crippen LogP contribution in [0.25, 0.3) is 0 Å². The van der Waals surface area contributed by atoms with Crippen molar-refractivity contribution in [1.29, 1.82) is 0 Å². The number of rotatable bonds is 6. The fourth-order valence-electron chi connectivity index (χ4n) is 4.12. The molecule has 1 amide bonds. The van der Waals surface area contributed by atoms with E-state index >= 15 is 0 Å². The van der Waals surface area contributed by atoms with E-state index < -0.39 is 0 Å². The Bertz CT molecular complexity index is 644. The van der Waals surface area contributed by atoms with Crippen molar-refractivity contribution in [3.05, 3.63) is 28.2 Å². The summed E-state index contributed by atoms with van der Waals surface area (Å²) in [7, 11) is 0. The van der Waals surface area contributed by atoms with Gasteiger partial charge in [0.1, 0.15) is 0 Å². The van der Waals surface area contributed by atoms with Gasteiger partial charge in [0.05, 0.1) is 30.0 Å². The van der Waals surface area contributed by atoms with Crippen molar-refractivity contribution >= 4 is 34.8 Å². The minimum Gasteiger partial charge on any atom is -0.379 e. The van der Waals surface area contributed by atoms with Gasteiger partial charge in [0, 0.05) is 30.2 Å². The van der Waals surface area contributed by atoms with Crippen LogP contribution in [0.3, 0.4) is 0 Å². The molecule has 1 saturated carbocycles. The van der Waals surface area contributed by atoms with Gasteiger partial charge in [-0.1, -0.05) is 42.5 Å². The monoisotopic (exact) mass is 413 g/mol. The molecule has 1 aromatic carbocycles. The zero-order valence-electron chi connectivity index (χ0n) is 15.9. The Morgan fingerprint density at radius 2 is 1.93 bits per heavy atom. The van der Waals surface area contributed by atoms with E-state index in [-0.39, 0.29) is 17.5 Å². The van der Waals surface area contributed by atoms with Crippen LogP contribution in [0.4, 0.5) is 5.69 Å². The number of nitrogens with zero attached hydrogens (tertiary/aromatic N) is 1. The smallest absolute Gasteiger partial charge is 0.241 e. The largest absolute Gasteiger partial charge is 0.379 e. The predicted octanol–water partition coefficient (Wildman–Crippen LogP) is 3.95. The molecule has 150 valence electrons. The molecular weight excluding hydrogens is 385 g/mol. The van der Waals surface area contributed by atoms with Gasteiger partial charge in [0.15, 0.2) is 0 Å². The van der Waals surface area contributed by atoms with Crippen LogP contribution < -0.4 is 10.6 Å². The molecule has 27 heavy (non-hydrogen) atoms. The van der Waals surface area contributed by atoms with Crippen LogP contribution >= 0.6 is 23.2 Å². The highest BCUT2D eigenvalue weighted by Crippen LogP contribution is 2.34. The maximum absolute atomic E-state index is 12.6. The number of carbonyl (C=O) groups is 1. The van der Waals surface area contributed by atoms with Crippen molar-refractivity contribution < 1.29 is 9.53 Å². The lowest BCUT2D eigenvalue weighted by atomic mass is 9.79. The van der Waals surface area contributed by atoms with Crippen LogP contribution in [0, 0.1) is 0 Å².